The lowest BCUT2D eigenvalue weighted by atomic mass is 10.3. The van der Waals surface area contributed by atoms with Crippen LogP contribution in [0.1, 0.15) is 0 Å². The maximum Gasteiger partial charge on any atom is 0.351 e. The minimum absolute atomic E-state index is 0.435. The summed E-state index contributed by atoms with van der Waals surface area (Å²) >= 11 is 5.73. The molecule has 0 atom stereocenters. The molecule has 5 nitrogen and oxygen atoms in total. The summed E-state index contributed by atoms with van der Waals surface area (Å²) in [4.78, 5) is 22.8. The van der Waals surface area contributed by atoms with Crippen molar-refractivity contribution >= 4 is 11.6 Å². The van der Waals surface area contributed by atoms with Gasteiger partial charge in [-0.05, 0) is 24.3 Å². The fourth-order valence-corrected chi connectivity index (χ4v) is 1.36. The zero-order valence-corrected chi connectivity index (χ0v) is 9.18. The van der Waals surface area contributed by atoms with E-state index in [1.807, 2.05) is 0 Å². The number of rotatable bonds is 1. The molecule has 0 aliphatic rings. The van der Waals surface area contributed by atoms with Crippen LogP contribution in [0.15, 0.2) is 40.1 Å². The average molecular weight is 238 g/mol. The van der Waals surface area contributed by atoms with Crippen LogP contribution in [-0.4, -0.2) is 14.3 Å². The minimum atomic E-state index is -0.491. The van der Waals surface area contributed by atoms with Crippen LogP contribution in [0, 0.1) is 0 Å². The van der Waals surface area contributed by atoms with E-state index in [2.05, 4.69) is 5.10 Å². The van der Waals surface area contributed by atoms with Gasteiger partial charge in [0.25, 0.3) is 5.56 Å². The first-order valence-corrected chi connectivity index (χ1v) is 4.89. The Balaban J connectivity index is 2.66. The van der Waals surface area contributed by atoms with Crippen LogP contribution in [0.5, 0.6) is 0 Å². The molecule has 0 aliphatic heterocycles. The van der Waals surface area contributed by atoms with Crippen molar-refractivity contribution in [2.45, 2.75) is 0 Å². The van der Waals surface area contributed by atoms with E-state index in [-0.39, 0.29) is 0 Å². The summed E-state index contributed by atoms with van der Waals surface area (Å²) in [5, 5.41) is 4.34. The minimum Gasteiger partial charge on any atom is -0.267 e. The van der Waals surface area contributed by atoms with Crippen LogP contribution in [0.3, 0.4) is 0 Å². The monoisotopic (exact) mass is 237 g/mol. The Kier molecular flexibility index (Phi) is 2.62. The van der Waals surface area contributed by atoms with Crippen LogP contribution < -0.4 is 11.2 Å². The number of nitrogens with zero attached hydrogens (tertiary/aromatic N) is 3. The van der Waals surface area contributed by atoms with E-state index in [0.29, 0.717) is 10.7 Å². The Morgan fingerprint density at radius 2 is 1.81 bits per heavy atom. The molecule has 2 rings (SSSR count). The maximum absolute atomic E-state index is 11.7. The Morgan fingerprint density at radius 3 is 2.44 bits per heavy atom. The van der Waals surface area contributed by atoms with Gasteiger partial charge in [0.05, 0.1) is 5.69 Å². The van der Waals surface area contributed by atoms with E-state index in [0.717, 1.165) is 15.4 Å². The maximum atomic E-state index is 11.7. The molecule has 0 radical (unpaired) electrons. The van der Waals surface area contributed by atoms with Gasteiger partial charge in [0.2, 0.25) is 0 Å². The number of hydrogen-bond acceptors (Lipinski definition) is 3. The molecule has 2 aromatic rings. The van der Waals surface area contributed by atoms with Gasteiger partial charge in [-0.15, -0.1) is 0 Å². The molecule has 1 aromatic carbocycles. The van der Waals surface area contributed by atoms with Gasteiger partial charge in [-0.1, -0.05) is 11.6 Å². The molecule has 82 valence electrons. The highest BCUT2D eigenvalue weighted by molar-refractivity contribution is 6.30. The third-order valence-electron chi connectivity index (χ3n) is 2.15. The first-order valence-electron chi connectivity index (χ1n) is 4.51. The predicted molar refractivity (Wildman–Crippen MR) is 60.1 cm³/mol. The predicted octanol–water partition coefficient (Wildman–Crippen LogP) is 0.585. The highest BCUT2D eigenvalue weighted by Gasteiger charge is 2.04. The Bertz CT molecular complexity index is 628. The zero-order valence-electron chi connectivity index (χ0n) is 8.42. The first-order chi connectivity index (χ1) is 7.59. The molecule has 0 N–H and O–H groups in total. The number of halogens is 1. The molecule has 0 spiro atoms. The number of aromatic nitrogens is 3. The van der Waals surface area contributed by atoms with Gasteiger partial charge in [-0.2, -0.15) is 9.78 Å². The number of benzene rings is 1. The van der Waals surface area contributed by atoms with Crippen molar-refractivity contribution in [3.8, 4) is 5.69 Å². The van der Waals surface area contributed by atoms with Crippen molar-refractivity contribution in [3.05, 3.63) is 56.3 Å². The van der Waals surface area contributed by atoms with Crippen molar-refractivity contribution in [2.24, 2.45) is 7.05 Å². The molecule has 0 unspecified atom stereocenters. The zero-order chi connectivity index (χ0) is 11.7. The lowest BCUT2D eigenvalue weighted by Crippen LogP contribution is -2.38. The molecule has 0 saturated heterocycles. The summed E-state index contributed by atoms with van der Waals surface area (Å²) in [5.74, 6) is 0. The van der Waals surface area contributed by atoms with Gasteiger partial charge < -0.3 is 0 Å². The summed E-state index contributed by atoms with van der Waals surface area (Å²) in [6, 6.07) is 6.61. The Labute approximate surface area is 95.5 Å². The van der Waals surface area contributed by atoms with Crippen molar-refractivity contribution < 1.29 is 0 Å². The molecule has 0 fully saturated rings. The quantitative estimate of drug-likeness (QED) is 0.729. The van der Waals surface area contributed by atoms with Crippen LogP contribution in [0.25, 0.3) is 5.69 Å². The summed E-state index contributed by atoms with van der Waals surface area (Å²) in [6.45, 7) is 0. The molecule has 0 saturated carbocycles. The van der Waals surface area contributed by atoms with E-state index in [1.165, 1.54) is 7.05 Å². The highest BCUT2D eigenvalue weighted by atomic mass is 35.5. The normalized spacial score (nSPS) is 10.4. The fourth-order valence-electron chi connectivity index (χ4n) is 1.24. The molecule has 1 aromatic heterocycles. The fraction of sp³-hybridized carbons (Fsp3) is 0.100. The van der Waals surface area contributed by atoms with E-state index in [4.69, 9.17) is 11.6 Å². The molecule has 0 amide bonds. The third-order valence-corrected chi connectivity index (χ3v) is 2.41. The summed E-state index contributed by atoms with van der Waals surface area (Å²) in [7, 11) is 1.40. The SMILES string of the molecule is Cn1c(=O)cnn(-c2ccc(Cl)cc2)c1=O. The van der Waals surface area contributed by atoms with Gasteiger partial charge in [-0.3, -0.25) is 9.36 Å². The van der Waals surface area contributed by atoms with Gasteiger partial charge in [-0.25, -0.2) is 4.79 Å². The summed E-state index contributed by atoms with van der Waals surface area (Å²) < 4.78 is 2.12. The molecular weight excluding hydrogens is 230 g/mol. The van der Waals surface area contributed by atoms with Gasteiger partial charge in [0.15, 0.2) is 0 Å². The molecule has 0 aliphatic carbocycles. The van der Waals surface area contributed by atoms with Crippen LogP contribution in [0.2, 0.25) is 5.02 Å². The Morgan fingerprint density at radius 1 is 1.19 bits per heavy atom. The standard InChI is InChI=1S/C10H8ClN3O2/c1-13-9(15)6-12-14(10(13)16)8-4-2-7(11)3-5-8/h2-6H,1H3. The van der Waals surface area contributed by atoms with Crippen molar-refractivity contribution in [2.75, 3.05) is 0 Å². The van der Waals surface area contributed by atoms with Crippen molar-refractivity contribution in [3.63, 3.8) is 0 Å². The molecule has 6 heteroatoms. The lowest BCUT2D eigenvalue weighted by Gasteiger charge is -2.04. The van der Waals surface area contributed by atoms with E-state index in [1.54, 1.807) is 24.3 Å². The second-order valence-corrected chi connectivity index (χ2v) is 3.65. The highest BCUT2D eigenvalue weighted by Crippen LogP contribution is 2.10. The topological polar surface area (TPSA) is 56.9 Å². The van der Waals surface area contributed by atoms with Crippen molar-refractivity contribution in [1.29, 1.82) is 0 Å². The van der Waals surface area contributed by atoms with Gasteiger partial charge in [0, 0.05) is 12.1 Å². The first kappa shape index (κ1) is 10.6. The van der Waals surface area contributed by atoms with Gasteiger partial charge in [0.1, 0.15) is 6.20 Å². The second-order valence-electron chi connectivity index (χ2n) is 3.21. The van der Waals surface area contributed by atoms with E-state index < -0.39 is 11.2 Å². The largest absolute Gasteiger partial charge is 0.351 e. The van der Waals surface area contributed by atoms with Gasteiger partial charge >= 0.3 is 5.69 Å². The van der Waals surface area contributed by atoms with Crippen molar-refractivity contribution in [1.82, 2.24) is 14.3 Å². The molecular formula is C10H8ClN3O2. The molecule has 16 heavy (non-hydrogen) atoms. The summed E-state index contributed by atoms with van der Waals surface area (Å²) in [5.41, 5.74) is -0.366. The number of hydrogen-bond donors (Lipinski definition) is 0. The third kappa shape index (κ3) is 1.77. The van der Waals surface area contributed by atoms with Crippen LogP contribution in [-0.2, 0) is 7.05 Å². The second kappa shape index (κ2) is 3.94. The average Bonchev–Trinajstić information content (AvgIpc) is 2.28. The van der Waals surface area contributed by atoms with E-state index in [9.17, 15) is 9.59 Å². The summed E-state index contributed by atoms with van der Waals surface area (Å²) in [6.07, 6.45) is 1.09. The lowest BCUT2D eigenvalue weighted by molar-refractivity contribution is 0.655. The van der Waals surface area contributed by atoms with E-state index >= 15 is 0 Å². The van der Waals surface area contributed by atoms with Crippen LogP contribution in [0.4, 0.5) is 0 Å². The molecule has 0 bridgehead atoms. The van der Waals surface area contributed by atoms with Crippen LogP contribution >= 0.6 is 11.6 Å². The Hall–Kier alpha value is -1.88. The smallest absolute Gasteiger partial charge is 0.267 e. The molecule has 1 heterocycles.